The summed E-state index contributed by atoms with van der Waals surface area (Å²) in [6.45, 7) is 7.61. The average Bonchev–Trinajstić information content (AvgIpc) is 3.27. The van der Waals surface area contributed by atoms with Crippen LogP contribution in [-0.2, 0) is 16.1 Å². The zero-order chi connectivity index (χ0) is 19.6. The lowest BCUT2D eigenvalue weighted by atomic mass is 10.0. The lowest BCUT2D eigenvalue weighted by Gasteiger charge is -2.23. The van der Waals surface area contributed by atoms with Crippen LogP contribution in [0.4, 0.5) is 10.8 Å². The number of nitrogens with zero attached hydrogens (tertiary/aromatic N) is 2. The van der Waals surface area contributed by atoms with E-state index in [9.17, 15) is 9.59 Å². The predicted molar refractivity (Wildman–Crippen MR) is 109 cm³/mol. The molecule has 0 saturated carbocycles. The van der Waals surface area contributed by atoms with E-state index in [2.05, 4.69) is 17.1 Å². The van der Waals surface area contributed by atoms with E-state index >= 15 is 0 Å². The van der Waals surface area contributed by atoms with Crippen LogP contribution >= 0.6 is 22.7 Å². The summed E-state index contributed by atoms with van der Waals surface area (Å²) in [6, 6.07) is 7.63. The van der Waals surface area contributed by atoms with Crippen molar-refractivity contribution in [2.45, 2.75) is 34.3 Å². The van der Waals surface area contributed by atoms with Gasteiger partial charge < -0.3 is 4.74 Å². The molecule has 0 atom stereocenters. The average molecular weight is 401 g/mol. The third-order valence-corrected chi connectivity index (χ3v) is 5.70. The molecular weight excluding hydrogens is 380 g/mol. The minimum absolute atomic E-state index is 0.0742. The van der Waals surface area contributed by atoms with E-state index in [1.807, 2.05) is 31.5 Å². The van der Waals surface area contributed by atoms with Crippen LogP contribution in [0.5, 0.6) is 0 Å². The minimum Gasteiger partial charge on any atom is -0.455 e. The molecule has 140 valence electrons. The molecule has 0 aliphatic carbocycles. The lowest BCUT2D eigenvalue weighted by molar-refractivity contribution is -0.115. The lowest BCUT2D eigenvalue weighted by Crippen LogP contribution is -2.24. The molecule has 1 amide bonds. The number of rotatable bonds is 5. The topological polar surface area (TPSA) is 59.5 Å². The number of hydrogen-bond acceptors (Lipinski definition) is 6. The number of thiazole rings is 1. The largest absolute Gasteiger partial charge is 0.455 e. The van der Waals surface area contributed by atoms with Gasteiger partial charge in [0.1, 0.15) is 11.5 Å². The zero-order valence-corrected chi connectivity index (χ0v) is 17.2. The molecule has 1 aromatic carbocycles. The Bertz CT molecular complexity index is 954. The van der Waals surface area contributed by atoms with Crippen molar-refractivity contribution in [1.82, 2.24) is 4.98 Å². The van der Waals surface area contributed by atoms with Crippen LogP contribution in [0.25, 0.3) is 0 Å². The van der Waals surface area contributed by atoms with Gasteiger partial charge in [-0.05, 0) is 43.3 Å². The highest BCUT2D eigenvalue weighted by molar-refractivity contribution is 7.14. The van der Waals surface area contributed by atoms with Crippen molar-refractivity contribution in [3.63, 3.8) is 0 Å². The number of esters is 1. The number of carbonyl (C=O) groups is 2. The summed E-state index contributed by atoms with van der Waals surface area (Å²) < 4.78 is 5.31. The van der Waals surface area contributed by atoms with E-state index < -0.39 is 0 Å². The van der Waals surface area contributed by atoms with Crippen molar-refractivity contribution in [3.8, 4) is 0 Å². The number of anilines is 2. The molecule has 0 saturated heterocycles. The van der Waals surface area contributed by atoms with E-state index in [0.717, 1.165) is 22.4 Å². The first-order valence-corrected chi connectivity index (χ1v) is 10.2. The second-order valence-corrected chi connectivity index (χ2v) is 8.06. The number of amides is 1. The molecule has 0 bridgehead atoms. The number of thiophene rings is 1. The molecule has 3 aromatic rings. The molecule has 2 heterocycles. The van der Waals surface area contributed by atoms with Gasteiger partial charge in [0.15, 0.2) is 5.13 Å². The van der Waals surface area contributed by atoms with Crippen LogP contribution in [-0.4, -0.2) is 16.9 Å². The van der Waals surface area contributed by atoms with E-state index in [1.54, 1.807) is 17.0 Å². The first-order valence-electron chi connectivity index (χ1n) is 8.40. The molecule has 7 heteroatoms. The van der Waals surface area contributed by atoms with E-state index in [4.69, 9.17) is 4.74 Å². The summed E-state index contributed by atoms with van der Waals surface area (Å²) in [4.78, 5) is 31.0. The van der Waals surface area contributed by atoms with Crippen LogP contribution in [0.2, 0.25) is 0 Å². The van der Waals surface area contributed by atoms with Gasteiger partial charge >= 0.3 is 5.97 Å². The van der Waals surface area contributed by atoms with Gasteiger partial charge in [-0.3, -0.25) is 9.69 Å². The second-order valence-electron chi connectivity index (χ2n) is 6.28. The van der Waals surface area contributed by atoms with Crippen LogP contribution in [0, 0.1) is 20.8 Å². The van der Waals surface area contributed by atoms with Gasteiger partial charge in [-0.15, -0.1) is 22.7 Å². The molecule has 0 radical (unpaired) electrons. The normalized spacial score (nSPS) is 10.7. The number of benzene rings is 1. The number of aromatic nitrogens is 1. The second kappa shape index (κ2) is 8.02. The van der Waals surface area contributed by atoms with Gasteiger partial charge in [0, 0.05) is 12.3 Å². The maximum absolute atomic E-state index is 12.4. The fourth-order valence-electron chi connectivity index (χ4n) is 2.98. The maximum atomic E-state index is 12.4. The molecule has 0 aliphatic rings. The third-order valence-electron chi connectivity index (χ3n) is 3.98. The van der Waals surface area contributed by atoms with Gasteiger partial charge in [-0.1, -0.05) is 23.8 Å². The predicted octanol–water partition coefficient (Wildman–Crippen LogP) is 5.17. The Hall–Kier alpha value is -2.51. The standard InChI is InChI=1S/C20H20N2O3S2/c1-12-8-13(2)18(14(3)9-12)22(15(4)23)20-21-16(11-27-20)10-25-19(24)17-6-5-7-26-17/h5-9,11H,10H2,1-4H3. The number of aryl methyl sites for hydroxylation is 3. The van der Waals surface area contributed by atoms with Crippen molar-refractivity contribution < 1.29 is 14.3 Å². The summed E-state index contributed by atoms with van der Waals surface area (Å²) in [5, 5.41) is 4.21. The summed E-state index contributed by atoms with van der Waals surface area (Å²) in [7, 11) is 0. The summed E-state index contributed by atoms with van der Waals surface area (Å²) in [6.07, 6.45) is 0. The molecule has 5 nitrogen and oxygen atoms in total. The Kier molecular flexibility index (Phi) is 5.72. The Labute approximate surface area is 166 Å². The van der Waals surface area contributed by atoms with Crippen LogP contribution < -0.4 is 4.90 Å². The highest BCUT2D eigenvalue weighted by atomic mass is 32.1. The van der Waals surface area contributed by atoms with Crippen molar-refractivity contribution in [3.05, 3.63) is 62.3 Å². The monoisotopic (exact) mass is 400 g/mol. The fourth-order valence-corrected chi connectivity index (χ4v) is 4.46. The molecular formula is C20H20N2O3S2. The Morgan fingerprint density at radius 1 is 1.15 bits per heavy atom. The highest BCUT2D eigenvalue weighted by Crippen LogP contribution is 2.34. The zero-order valence-electron chi connectivity index (χ0n) is 15.6. The molecule has 0 N–H and O–H groups in total. The number of carbonyl (C=O) groups excluding carboxylic acids is 2. The summed E-state index contributed by atoms with van der Waals surface area (Å²) in [5.74, 6) is -0.477. The molecule has 0 spiro atoms. The van der Waals surface area contributed by atoms with Gasteiger partial charge in [0.05, 0.1) is 11.4 Å². The van der Waals surface area contributed by atoms with E-state index in [1.165, 1.54) is 29.6 Å². The van der Waals surface area contributed by atoms with Crippen LogP contribution in [0.3, 0.4) is 0 Å². The van der Waals surface area contributed by atoms with Gasteiger partial charge in [-0.25, -0.2) is 9.78 Å². The SMILES string of the molecule is CC(=O)N(c1nc(COC(=O)c2cccs2)cs1)c1c(C)cc(C)cc1C. The van der Waals surface area contributed by atoms with Crippen molar-refractivity contribution >= 4 is 45.4 Å². The van der Waals surface area contributed by atoms with Crippen molar-refractivity contribution in [1.29, 1.82) is 0 Å². The number of hydrogen-bond donors (Lipinski definition) is 0. The van der Waals surface area contributed by atoms with Gasteiger partial charge in [-0.2, -0.15) is 0 Å². The van der Waals surface area contributed by atoms with Crippen LogP contribution in [0.1, 0.15) is 39.0 Å². The van der Waals surface area contributed by atoms with E-state index in [0.29, 0.717) is 15.7 Å². The first-order chi connectivity index (χ1) is 12.9. The van der Waals surface area contributed by atoms with E-state index in [-0.39, 0.29) is 18.5 Å². The fraction of sp³-hybridized carbons (Fsp3) is 0.250. The molecule has 0 fully saturated rings. The molecule has 0 aliphatic heterocycles. The van der Waals surface area contributed by atoms with Crippen molar-refractivity contribution in [2.75, 3.05) is 4.90 Å². The maximum Gasteiger partial charge on any atom is 0.348 e. The third kappa shape index (κ3) is 4.26. The Morgan fingerprint density at radius 2 is 1.85 bits per heavy atom. The molecule has 27 heavy (non-hydrogen) atoms. The minimum atomic E-state index is -0.367. The van der Waals surface area contributed by atoms with Gasteiger partial charge in [0.25, 0.3) is 0 Å². The first kappa shape index (κ1) is 19.3. The summed E-state index contributed by atoms with van der Waals surface area (Å²) >= 11 is 2.69. The Balaban J connectivity index is 1.82. The quantitative estimate of drug-likeness (QED) is 0.554. The molecule has 3 rings (SSSR count). The number of ether oxygens (including phenoxy) is 1. The highest BCUT2D eigenvalue weighted by Gasteiger charge is 2.22. The van der Waals surface area contributed by atoms with Crippen LogP contribution in [0.15, 0.2) is 35.0 Å². The van der Waals surface area contributed by atoms with Crippen molar-refractivity contribution in [2.24, 2.45) is 0 Å². The molecule has 0 unspecified atom stereocenters. The smallest absolute Gasteiger partial charge is 0.348 e. The Morgan fingerprint density at radius 3 is 2.44 bits per heavy atom. The van der Waals surface area contributed by atoms with Gasteiger partial charge in [0.2, 0.25) is 5.91 Å². The summed E-state index contributed by atoms with van der Waals surface area (Å²) in [5.41, 5.74) is 4.66. The molecule has 2 aromatic heterocycles.